The molecule has 4 nitrogen and oxygen atoms in total. The van der Waals surface area contributed by atoms with Crippen LogP contribution < -0.4 is 0 Å². The number of aliphatic carboxylic acids is 1. The van der Waals surface area contributed by atoms with Crippen LogP contribution in [-0.4, -0.2) is 24.7 Å². The second-order valence-electron chi connectivity index (χ2n) is 5.30. The van der Waals surface area contributed by atoms with Crippen molar-refractivity contribution in [2.24, 2.45) is 0 Å². The molecule has 0 aromatic heterocycles. The number of carboxylic acids is 1. The van der Waals surface area contributed by atoms with Crippen LogP contribution in [0, 0.1) is 0 Å². The summed E-state index contributed by atoms with van der Waals surface area (Å²) < 4.78 is 23.9. The van der Waals surface area contributed by atoms with E-state index in [4.69, 9.17) is 5.11 Å². The number of carboxylic acid groups (broad SMARTS) is 1. The minimum atomic E-state index is -3.80. The molecule has 18 heavy (non-hydrogen) atoms. The van der Waals surface area contributed by atoms with E-state index in [2.05, 4.69) is 0 Å². The summed E-state index contributed by atoms with van der Waals surface area (Å²) >= 11 is 0. The third-order valence-electron chi connectivity index (χ3n) is 2.86. The van der Waals surface area contributed by atoms with E-state index < -0.39 is 21.1 Å². The maximum Gasteiger partial charge on any atom is 0.321 e. The first kappa shape index (κ1) is 14.7. The molecule has 1 rings (SSSR count). The van der Waals surface area contributed by atoms with E-state index >= 15 is 0 Å². The van der Waals surface area contributed by atoms with Crippen molar-refractivity contribution in [2.75, 3.05) is 0 Å². The Labute approximate surface area is 108 Å². The SMILES string of the molecule is CC(C(=O)O)S(=O)(=O)c1ccc(C(C)(C)C)cc1. The Morgan fingerprint density at radius 2 is 1.61 bits per heavy atom. The fourth-order valence-electron chi connectivity index (χ4n) is 1.48. The fourth-order valence-corrected chi connectivity index (χ4v) is 2.67. The Bertz CT molecular complexity index is 535. The third kappa shape index (κ3) is 2.90. The van der Waals surface area contributed by atoms with Gasteiger partial charge in [-0.05, 0) is 30.0 Å². The summed E-state index contributed by atoms with van der Waals surface area (Å²) in [6.45, 7) is 7.25. The maximum absolute atomic E-state index is 12.0. The number of rotatable bonds is 3. The highest BCUT2D eigenvalue weighted by atomic mass is 32.2. The number of carbonyl (C=O) groups is 1. The molecular formula is C13H18O4S. The van der Waals surface area contributed by atoms with Gasteiger partial charge >= 0.3 is 5.97 Å². The van der Waals surface area contributed by atoms with E-state index in [1.807, 2.05) is 20.8 Å². The van der Waals surface area contributed by atoms with Crippen molar-refractivity contribution < 1.29 is 18.3 Å². The first-order valence-corrected chi connectivity index (χ1v) is 7.18. The normalized spacial score (nSPS) is 14.2. The second-order valence-corrected chi connectivity index (χ2v) is 7.57. The molecule has 0 aliphatic carbocycles. The Morgan fingerprint density at radius 3 is 1.94 bits per heavy atom. The van der Waals surface area contributed by atoms with Crippen molar-refractivity contribution in [3.63, 3.8) is 0 Å². The lowest BCUT2D eigenvalue weighted by molar-refractivity contribution is -0.136. The highest BCUT2D eigenvalue weighted by molar-refractivity contribution is 7.92. The standard InChI is InChI=1S/C13H18O4S/c1-9(12(14)15)18(16,17)11-7-5-10(6-8-11)13(2,3)4/h5-9H,1-4H3,(H,14,15). The monoisotopic (exact) mass is 270 g/mol. The summed E-state index contributed by atoms with van der Waals surface area (Å²) in [6, 6.07) is 6.38. The van der Waals surface area contributed by atoms with Gasteiger partial charge in [-0.2, -0.15) is 0 Å². The lowest BCUT2D eigenvalue weighted by Crippen LogP contribution is -2.27. The molecule has 1 aromatic rings. The van der Waals surface area contributed by atoms with Gasteiger partial charge in [-0.3, -0.25) is 4.79 Å². The van der Waals surface area contributed by atoms with Crippen molar-refractivity contribution >= 4 is 15.8 Å². The van der Waals surface area contributed by atoms with E-state index in [9.17, 15) is 13.2 Å². The van der Waals surface area contributed by atoms with Crippen LogP contribution >= 0.6 is 0 Å². The minimum absolute atomic E-state index is 0.0467. The highest BCUT2D eigenvalue weighted by Gasteiger charge is 2.29. The van der Waals surface area contributed by atoms with Crippen LogP contribution in [0.2, 0.25) is 0 Å². The molecule has 0 saturated carbocycles. The summed E-state index contributed by atoms with van der Waals surface area (Å²) in [6.07, 6.45) is 0. The molecule has 1 atom stereocenters. The molecule has 0 spiro atoms. The molecule has 0 aliphatic heterocycles. The molecule has 1 unspecified atom stereocenters. The van der Waals surface area contributed by atoms with Gasteiger partial charge in [0.25, 0.3) is 0 Å². The molecule has 0 fully saturated rings. The summed E-state index contributed by atoms with van der Waals surface area (Å²) in [5, 5.41) is 7.35. The molecular weight excluding hydrogens is 252 g/mol. The average molecular weight is 270 g/mol. The van der Waals surface area contributed by atoms with Gasteiger partial charge in [0.15, 0.2) is 15.1 Å². The molecule has 0 saturated heterocycles. The summed E-state index contributed by atoms with van der Waals surface area (Å²) in [5.41, 5.74) is 0.935. The summed E-state index contributed by atoms with van der Waals surface area (Å²) in [7, 11) is -3.80. The average Bonchev–Trinajstić information content (AvgIpc) is 2.26. The van der Waals surface area contributed by atoms with Gasteiger partial charge in [0, 0.05) is 0 Å². The Balaban J connectivity index is 3.17. The Hall–Kier alpha value is -1.36. The summed E-state index contributed by atoms with van der Waals surface area (Å²) in [4.78, 5) is 10.8. The van der Waals surface area contributed by atoms with Crippen molar-refractivity contribution in [1.82, 2.24) is 0 Å². The van der Waals surface area contributed by atoms with E-state index in [0.29, 0.717) is 0 Å². The molecule has 0 radical (unpaired) electrons. The van der Waals surface area contributed by atoms with E-state index in [0.717, 1.165) is 5.56 Å². The van der Waals surface area contributed by atoms with Gasteiger partial charge in [0.1, 0.15) is 0 Å². The number of benzene rings is 1. The van der Waals surface area contributed by atoms with Crippen LogP contribution in [0.5, 0.6) is 0 Å². The van der Waals surface area contributed by atoms with Crippen molar-refractivity contribution in [1.29, 1.82) is 0 Å². The van der Waals surface area contributed by atoms with Gasteiger partial charge in [-0.15, -0.1) is 0 Å². The predicted molar refractivity (Wildman–Crippen MR) is 69.4 cm³/mol. The van der Waals surface area contributed by atoms with E-state index in [1.165, 1.54) is 19.1 Å². The first-order chi connectivity index (χ1) is 8.06. The zero-order valence-corrected chi connectivity index (χ0v) is 11.8. The number of hydrogen-bond donors (Lipinski definition) is 1. The smallest absolute Gasteiger partial charge is 0.321 e. The quantitative estimate of drug-likeness (QED) is 0.914. The van der Waals surface area contributed by atoms with Crippen LogP contribution in [0.4, 0.5) is 0 Å². The first-order valence-electron chi connectivity index (χ1n) is 5.64. The van der Waals surface area contributed by atoms with Crippen molar-refractivity contribution in [3.05, 3.63) is 29.8 Å². The zero-order valence-electron chi connectivity index (χ0n) is 11.0. The predicted octanol–water partition coefficient (Wildman–Crippen LogP) is 2.23. The van der Waals surface area contributed by atoms with Gasteiger partial charge < -0.3 is 5.11 Å². The molecule has 100 valence electrons. The van der Waals surface area contributed by atoms with Gasteiger partial charge in [0.2, 0.25) is 0 Å². The summed E-state index contributed by atoms with van der Waals surface area (Å²) in [5.74, 6) is -1.34. The molecule has 5 heteroatoms. The third-order valence-corrected chi connectivity index (χ3v) is 4.92. The number of sulfone groups is 1. The van der Waals surface area contributed by atoms with Gasteiger partial charge in [-0.25, -0.2) is 8.42 Å². The van der Waals surface area contributed by atoms with E-state index in [1.54, 1.807) is 12.1 Å². The lowest BCUT2D eigenvalue weighted by atomic mass is 9.87. The van der Waals surface area contributed by atoms with Crippen molar-refractivity contribution in [3.8, 4) is 0 Å². The van der Waals surface area contributed by atoms with Crippen LogP contribution in [0.3, 0.4) is 0 Å². The minimum Gasteiger partial charge on any atom is -0.480 e. The molecule has 0 aliphatic rings. The molecule has 0 amide bonds. The highest BCUT2D eigenvalue weighted by Crippen LogP contribution is 2.24. The second kappa shape index (κ2) is 4.72. The van der Waals surface area contributed by atoms with Gasteiger partial charge in [-0.1, -0.05) is 32.9 Å². The Morgan fingerprint density at radius 1 is 1.17 bits per heavy atom. The Kier molecular flexibility index (Phi) is 3.86. The lowest BCUT2D eigenvalue weighted by Gasteiger charge is -2.19. The zero-order chi connectivity index (χ0) is 14.1. The van der Waals surface area contributed by atoms with E-state index in [-0.39, 0.29) is 10.3 Å². The topological polar surface area (TPSA) is 71.4 Å². The number of hydrogen-bond acceptors (Lipinski definition) is 3. The molecule has 0 heterocycles. The van der Waals surface area contributed by atoms with Crippen molar-refractivity contribution in [2.45, 2.75) is 43.3 Å². The largest absolute Gasteiger partial charge is 0.480 e. The maximum atomic E-state index is 12.0. The van der Waals surface area contributed by atoms with Crippen LogP contribution in [0.25, 0.3) is 0 Å². The van der Waals surface area contributed by atoms with Gasteiger partial charge in [0.05, 0.1) is 4.90 Å². The molecule has 0 bridgehead atoms. The van der Waals surface area contributed by atoms with Crippen LogP contribution in [-0.2, 0) is 20.0 Å². The molecule has 1 N–H and O–H groups in total. The van der Waals surface area contributed by atoms with Crippen LogP contribution in [0.1, 0.15) is 33.3 Å². The fraction of sp³-hybridized carbons (Fsp3) is 0.462. The molecule has 1 aromatic carbocycles. The van der Waals surface area contributed by atoms with Crippen LogP contribution in [0.15, 0.2) is 29.2 Å².